The fraction of sp³-hybridized carbons (Fsp3) is 1.00. The summed E-state index contributed by atoms with van der Waals surface area (Å²) >= 11 is 0. The Bertz CT molecular complexity index is 180. The Labute approximate surface area is 92.9 Å². The van der Waals surface area contributed by atoms with Crippen molar-refractivity contribution in [2.45, 2.75) is 30.5 Å². The molecule has 0 saturated carbocycles. The summed E-state index contributed by atoms with van der Waals surface area (Å²) in [5.41, 5.74) is 0. The van der Waals surface area contributed by atoms with Gasteiger partial charge in [0.2, 0.25) is 0 Å². The van der Waals surface area contributed by atoms with Crippen molar-refractivity contribution in [2.24, 2.45) is 0 Å². The second-order valence-corrected chi connectivity index (χ2v) is 3.75. The number of hydrogen-bond donors (Lipinski definition) is 5. The average molecular weight is 238 g/mol. The topological polar surface area (TPSA) is 120 Å². The Kier molecular flexibility index (Phi) is 5.56. The van der Waals surface area contributed by atoms with Gasteiger partial charge in [-0.05, 0) is 0 Å². The lowest BCUT2D eigenvalue weighted by Gasteiger charge is -2.09. The molecule has 0 bridgehead atoms. The van der Waals surface area contributed by atoms with E-state index in [-0.39, 0.29) is 38.6 Å². The Morgan fingerprint density at radius 3 is 1.56 bits per heavy atom. The summed E-state index contributed by atoms with van der Waals surface area (Å²) in [7, 11) is 0. The zero-order valence-corrected chi connectivity index (χ0v) is 8.77. The van der Waals surface area contributed by atoms with Crippen LogP contribution in [0.1, 0.15) is 0 Å². The minimum absolute atomic E-state index is 0.284. The first kappa shape index (κ1) is 13.8. The predicted molar refractivity (Wildman–Crippen MR) is 51.7 cm³/mol. The number of aliphatic hydroxyl groups is 5. The van der Waals surface area contributed by atoms with Crippen LogP contribution < -0.4 is 0 Å². The van der Waals surface area contributed by atoms with Gasteiger partial charge >= 0.3 is 0 Å². The molecule has 0 unspecified atom stereocenters. The van der Waals surface area contributed by atoms with Gasteiger partial charge in [-0.3, -0.25) is 0 Å². The van der Waals surface area contributed by atoms with Gasteiger partial charge < -0.3 is 35.0 Å². The van der Waals surface area contributed by atoms with Crippen LogP contribution >= 0.6 is 0 Å². The Morgan fingerprint density at radius 1 is 0.938 bits per heavy atom. The van der Waals surface area contributed by atoms with E-state index >= 15 is 0 Å². The second kappa shape index (κ2) is 6.45. The highest BCUT2D eigenvalue weighted by Gasteiger charge is 2.46. The highest BCUT2D eigenvalue weighted by Crippen LogP contribution is 2.26. The van der Waals surface area contributed by atoms with Crippen LogP contribution in [-0.4, -0.2) is 82.5 Å². The standard InChI is InChI=1S/C6H10O4.C3H8O3/c7-3-1-9-6-4(8)2-10-5(3)6;4-1-3(6)2-5/h3-8H,1-2H2;3-6H,1-2H2/t3-,4+,5-,6-;/m1./s1. The van der Waals surface area contributed by atoms with Gasteiger partial charge in [-0.25, -0.2) is 0 Å². The Hall–Kier alpha value is -0.280. The maximum Gasteiger partial charge on any atom is 0.114 e. The van der Waals surface area contributed by atoms with Crippen LogP contribution in [0.3, 0.4) is 0 Å². The van der Waals surface area contributed by atoms with E-state index in [0.29, 0.717) is 0 Å². The van der Waals surface area contributed by atoms with Crippen molar-refractivity contribution in [1.29, 1.82) is 0 Å². The molecule has 16 heavy (non-hydrogen) atoms. The molecule has 0 aromatic rings. The lowest BCUT2D eigenvalue weighted by Crippen LogP contribution is -2.30. The van der Waals surface area contributed by atoms with Crippen molar-refractivity contribution in [1.82, 2.24) is 0 Å². The monoisotopic (exact) mass is 238 g/mol. The first-order chi connectivity index (χ1) is 7.60. The molecule has 0 radical (unpaired) electrons. The number of aliphatic hydroxyl groups excluding tert-OH is 5. The summed E-state index contributed by atoms with van der Waals surface area (Å²) in [6, 6.07) is 0. The maximum atomic E-state index is 9.16. The molecular formula is C9H18O7. The quantitative estimate of drug-likeness (QED) is 0.344. The molecular weight excluding hydrogens is 220 g/mol. The normalized spacial score (nSPS) is 37.1. The highest BCUT2D eigenvalue weighted by atomic mass is 16.6. The molecule has 0 aromatic heterocycles. The molecule has 7 heteroatoms. The minimum Gasteiger partial charge on any atom is -0.394 e. The van der Waals surface area contributed by atoms with Crippen LogP contribution in [-0.2, 0) is 9.47 Å². The van der Waals surface area contributed by atoms with Gasteiger partial charge in [0.1, 0.15) is 30.5 Å². The third kappa shape index (κ3) is 3.36. The summed E-state index contributed by atoms with van der Waals surface area (Å²) in [6.07, 6.45) is -2.65. The maximum absolute atomic E-state index is 9.16. The van der Waals surface area contributed by atoms with Crippen molar-refractivity contribution in [3.63, 3.8) is 0 Å². The summed E-state index contributed by atoms with van der Waals surface area (Å²) in [5.74, 6) is 0. The van der Waals surface area contributed by atoms with E-state index in [9.17, 15) is 0 Å². The van der Waals surface area contributed by atoms with Crippen molar-refractivity contribution in [2.75, 3.05) is 26.4 Å². The van der Waals surface area contributed by atoms with Crippen LogP contribution in [0.15, 0.2) is 0 Å². The van der Waals surface area contributed by atoms with Gasteiger partial charge in [0, 0.05) is 0 Å². The number of fused-ring (bicyclic) bond motifs is 1. The molecule has 2 fully saturated rings. The lowest BCUT2D eigenvalue weighted by molar-refractivity contribution is 0.00205. The van der Waals surface area contributed by atoms with Crippen molar-refractivity contribution in [3.05, 3.63) is 0 Å². The van der Waals surface area contributed by atoms with Gasteiger partial charge in [-0.1, -0.05) is 0 Å². The van der Waals surface area contributed by atoms with Crippen molar-refractivity contribution < 1.29 is 35.0 Å². The molecule has 0 spiro atoms. The third-order valence-electron chi connectivity index (χ3n) is 2.42. The molecule has 7 nitrogen and oxygen atoms in total. The van der Waals surface area contributed by atoms with E-state index in [4.69, 9.17) is 35.0 Å². The Balaban J connectivity index is 0.000000187. The molecule has 0 aromatic carbocycles. The molecule has 4 atom stereocenters. The third-order valence-corrected chi connectivity index (χ3v) is 2.42. The SMILES string of the molecule is OCC(O)CO.O[C@@H]1CO[C@H]2[C@@H]1OC[C@@H]2O. The lowest BCUT2D eigenvalue weighted by atomic mass is 10.1. The van der Waals surface area contributed by atoms with Gasteiger partial charge in [-0.2, -0.15) is 0 Å². The van der Waals surface area contributed by atoms with Gasteiger partial charge in [-0.15, -0.1) is 0 Å². The molecule has 2 aliphatic rings. The molecule has 96 valence electrons. The fourth-order valence-corrected chi connectivity index (χ4v) is 1.52. The first-order valence-electron chi connectivity index (χ1n) is 5.09. The van der Waals surface area contributed by atoms with Crippen molar-refractivity contribution >= 4 is 0 Å². The largest absolute Gasteiger partial charge is 0.394 e. The van der Waals surface area contributed by atoms with E-state index < -0.39 is 18.3 Å². The number of rotatable bonds is 2. The highest BCUT2D eigenvalue weighted by molar-refractivity contribution is 4.93. The van der Waals surface area contributed by atoms with Gasteiger partial charge in [0.25, 0.3) is 0 Å². The van der Waals surface area contributed by atoms with Crippen LogP contribution in [0, 0.1) is 0 Å². The molecule has 2 saturated heterocycles. The minimum atomic E-state index is -0.954. The summed E-state index contributed by atoms with van der Waals surface area (Å²) in [4.78, 5) is 0. The summed E-state index contributed by atoms with van der Waals surface area (Å²) in [6.45, 7) is -0.161. The second-order valence-electron chi connectivity index (χ2n) is 3.75. The summed E-state index contributed by atoms with van der Waals surface area (Å²) in [5, 5.41) is 42.3. The Morgan fingerprint density at radius 2 is 1.31 bits per heavy atom. The average Bonchev–Trinajstić information content (AvgIpc) is 2.84. The molecule has 2 aliphatic heterocycles. The zero-order chi connectivity index (χ0) is 12.1. The molecule has 5 N–H and O–H groups in total. The van der Waals surface area contributed by atoms with Crippen molar-refractivity contribution in [3.8, 4) is 0 Å². The summed E-state index contributed by atoms with van der Waals surface area (Å²) < 4.78 is 10.2. The van der Waals surface area contributed by atoms with Gasteiger partial charge in [0.05, 0.1) is 26.4 Å². The molecule has 0 aliphatic carbocycles. The van der Waals surface area contributed by atoms with Crippen LogP contribution in [0.4, 0.5) is 0 Å². The van der Waals surface area contributed by atoms with E-state index in [1.54, 1.807) is 0 Å². The predicted octanol–water partition coefficient (Wildman–Crippen LogP) is -3.16. The van der Waals surface area contributed by atoms with Crippen LogP contribution in [0.25, 0.3) is 0 Å². The fourth-order valence-electron chi connectivity index (χ4n) is 1.52. The van der Waals surface area contributed by atoms with E-state index in [2.05, 4.69) is 0 Å². The number of ether oxygens (including phenoxy) is 2. The van der Waals surface area contributed by atoms with E-state index in [1.165, 1.54) is 0 Å². The van der Waals surface area contributed by atoms with Crippen LogP contribution in [0.2, 0.25) is 0 Å². The first-order valence-corrected chi connectivity index (χ1v) is 5.09. The molecule has 0 amide bonds. The van der Waals surface area contributed by atoms with Crippen LogP contribution in [0.5, 0.6) is 0 Å². The molecule has 2 rings (SSSR count). The number of hydrogen-bond acceptors (Lipinski definition) is 7. The van der Waals surface area contributed by atoms with E-state index in [0.717, 1.165) is 0 Å². The van der Waals surface area contributed by atoms with Gasteiger partial charge in [0.15, 0.2) is 0 Å². The smallest absolute Gasteiger partial charge is 0.114 e. The zero-order valence-electron chi connectivity index (χ0n) is 8.77. The van der Waals surface area contributed by atoms with E-state index in [1.807, 2.05) is 0 Å². The molecule has 2 heterocycles.